The number of hydrogen-bond acceptors (Lipinski definition) is 2. The van der Waals surface area contributed by atoms with Gasteiger partial charge in [-0.2, -0.15) is 0 Å². The van der Waals surface area contributed by atoms with E-state index in [4.69, 9.17) is 0 Å². The van der Waals surface area contributed by atoms with Crippen molar-refractivity contribution in [1.29, 1.82) is 0 Å². The Morgan fingerprint density at radius 2 is 2.10 bits per heavy atom. The van der Waals surface area contributed by atoms with Gasteiger partial charge in [0, 0.05) is 24.8 Å². The minimum atomic E-state index is 0.537. The molecule has 1 aliphatic rings. The maximum Gasteiger partial charge on any atom is 0.0414 e. The Balaban J connectivity index is 2.16. The Kier molecular flexibility index (Phi) is 5.90. The van der Waals surface area contributed by atoms with E-state index in [1.807, 2.05) is 0 Å². The maximum absolute atomic E-state index is 3.73. The van der Waals surface area contributed by atoms with Crippen LogP contribution in [0.3, 0.4) is 0 Å². The molecule has 1 unspecified atom stereocenters. The molecule has 2 rings (SSSR count). The zero-order chi connectivity index (χ0) is 14.4. The molecule has 1 aliphatic heterocycles. The van der Waals surface area contributed by atoms with Crippen LogP contribution in [0.25, 0.3) is 0 Å². The number of hydrogen-bond donors (Lipinski definition) is 1. The van der Waals surface area contributed by atoms with Gasteiger partial charge in [0.2, 0.25) is 0 Å². The first-order valence-corrected chi connectivity index (χ1v) is 8.29. The van der Waals surface area contributed by atoms with Crippen molar-refractivity contribution in [2.24, 2.45) is 5.92 Å². The third-order valence-corrected chi connectivity index (χ3v) is 4.19. The van der Waals surface area contributed by atoms with Crippen molar-refractivity contribution in [3.8, 4) is 0 Å². The summed E-state index contributed by atoms with van der Waals surface area (Å²) in [5.74, 6) is 0.777. The molecule has 0 aliphatic carbocycles. The summed E-state index contributed by atoms with van der Waals surface area (Å²) < 4.78 is 0. The molecule has 0 saturated carbocycles. The van der Waals surface area contributed by atoms with E-state index in [-0.39, 0.29) is 0 Å². The summed E-state index contributed by atoms with van der Waals surface area (Å²) in [6, 6.07) is 9.53. The summed E-state index contributed by atoms with van der Waals surface area (Å²) in [7, 11) is 0. The fourth-order valence-corrected chi connectivity index (χ4v) is 3.01. The highest BCUT2D eigenvalue weighted by Gasteiger charge is 2.21. The van der Waals surface area contributed by atoms with Crippen LogP contribution in [0.1, 0.15) is 58.1 Å². The number of para-hydroxylation sites is 1. The smallest absolute Gasteiger partial charge is 0.0414 e. The molecule has 1 aromatic rings. The minimum Gasteiger partial charge on any atom is -0.371 e. The summed E-state index contributed by atoms with van der Waals surface area (Å²) in [4.78, 5) is 2.60. The molecule has 1 aromatic carbocycles. The van der Waals surface area contributed by atoms with Gasteiger partial charge in [0.1, 0.15) is 0 Å². The van der Waals surface area contributed by atoms with Gasteiger partial charge >= 0.3 is 0 Å². The van der Waals surface area contributed by atoms with E-state index in [0.29, 0.717) is 6.04 Å². The fourth-order valence-electron chi connectivity index (χ4n) is 3.01. The fraction of sp³-hybridized carbons (Fsp3) is 0.667. The van der Waals surface area contributed by atoms with Gasteiger partial charge in [0.25, 0.3) is 0 Å². The standard InChI is InChI=1S/C18H30N2/c1-4-12-19-17-9-7-13-20(14-11-15(2)3)18-10-6-5-8-16(17)18/h5-6,8,10,15,17,19H,4,7,9,11-14H2,1-3H3. The van der Waals surface area contributed by atoms with E-state index < -0.39 is 0 Å². The molecular formula is C18H30N2. The second kappa shape index (κ2) is 7.68. The molecule has 0 saturated heterocycles. The molecule has 2 nitrogen and oxygen atoms in total. The van der Waals surface area contributed by atoms with E-state index in [1.54, 1.807) is 0 Å². The zero-order valence-corrected chi connectivity index (χ0v) is 13.4. The number of benzene rings is 1. The largest absolute Gasteiger partial charge is 0.371 e. The van der Waals surface area contributed by atoms with Crippen LogP contribution in [0, 0.1) is 5.92 Å². The third kappa shape index (κ3) is 3.99. The first kappa shape index (κ1) is 15.4. The molecule has 0 spiro atoms. The molecule has 20 heavy (non-hydrogen) atoms. The molecule has 0 fully saturated rings. The van der Waals surface area contributed by atoms with E-state index in [1.165, 1.54) is 50.0 Å². The van der Waals surface area contributed by atoms with Gasteiger partial charge < -0.3 is 10.2 Å². The zero-order valence-electron chi connectivity index (χ0n) is 13.4. The molecule has 0 aromatic heterocycles. The number of rotatable bonds is 6. The van der Waals surface area contributed by atoms with Crippen molar-refractivity contribution in [2.45, 2.75) is 52.5 Å². The number of nitrogens with one attached hydrogen (secondary N) is 1. The summed E-state index contributed by atoms with van der Waals surface area (Å²) in [6.07, 6.45) is 5.03. The Morgan fingerprint density at radius 3 is 2.85 bits per heavy atom. The van der Waals surface area contributed by atoms with Gasteiger partial charge in [0.15, 0.2) is 0 Å². The van der Waals surface area contributed by atoms with Crippen LogP contribution in [0.2, 0.25) is 0 Å². The monoisotopic (exact) mass is 274 g/mol. The Bertz CT molecular complexity index is 400. The van der Waals surface area contributed by atoms with Crippen LogP contribution in [-0.2, 0) is 0 Å². The number of fused-ring (bicyclic) bond motifs is 1. The highest BCUT2D eigenvalue weighted by atomic mass is 15.1. The maximum atomic E-state index is 3.73. The van der Waals surface area contributed by atoms with Crippen molar-refractivity contribution < 1.29 is 0 Å². The lowest BCUT2D eigenvalue weighted by molar-refractivity contribution is 0.494. The molecule has 1 N–H and O–H groups in total. The molecule has 2 heteroatoms. The summed E-state index contributed by atoms with van der Waals surface area (Å²) >= 11 is 0. The van der Waals surface area contributed by atoms with E-state index >= 15 is 0 Å². The van der Waals surface area contributed by atoms with Gasteiger partial charge in [0.05, 0.1) is 0 Å². The lowest BCUT2D eigenvalue weighted by Crippen LogP contribution is -2.26. The molecule has 1 heterocycles. The third-order valence-electron chi connectivity index (χ3n) is 4.19. The molecule has 0 amide bonds. The molecule has 0 bridgehead atoms. The van der Waals surface area contributed by atoms with Crippen LogP contribution in [-0.4, -0.2) is 19.6 Å². The highest BCUT2D eigenvalue weighted by molar-refractivity contribution is 5.55. The SMILES string of the molecule is CCCNC1CCCN(CCC(C)C)c2ccccc21. The van der Waals surface area contributed by atoms with E-state index in [2.05, 4.69) is 55.3 Å². The predicted molar refractivity (Wildman–Crippen MR) is 88.4 cm³/mol. The van der Waals surface area contributed by atoms with Crippen LogP contribution in [0.4, 0.5) is 5.69 Å². The lowest BCUT2D eigenvalue weighted by Gasteiger charge is -2.26. The van der Waals surface area contributed by atoms with E-state index in [0.717, 1.165) is 12.5 Å². The molecular weight excluding hydrogens is 244 g/mol. The van der Waals surface area contributed by atoms with Gasteiger partial charge in [-0.1, -0.05) is 39.0 Å². The normalized spacial score (nSPS) is 19.0. The van der Waals surface area contributed by atoms with Crippen molar-refractivity contribution in [2.75, 3.05) is 24.5 Å². The van der Waals surface area contributed by atoms with Crippen molar-refractivity contribution in [1.82, 2.24) is 5.32 Å². The Hall–Kier alpha value is -1.02. The van der Waals surface area contributed by atoms with Gasteiger partial charge in [-0.3, -0.25) is 0 Å². The second-order valence-electron chi connectivity index (χ2n) is 6.38. The average Bonchev–Trinajstić information content (AvgIpc) is 2.62. The highest BCUT2D eigenvalue weighted by Crippen LogP contribution is 2.33. The first-order chi connectivity index (χ1) is 9.72. The molecule has 0 radical (unpaired) electrons. The second-order valence-corrected chi connectivity index (χ2v) is 6.38. The summed E-state index contributed by atoms with van der Waals surface area (Å²) in [6.45, 7) is 10.4. The van der Waals surface area contributed by atoms with Gasteiger partial charge in [-0.15, -0.1) is 0 Å². The van der Waals surface area contributed by atoms with Crippen LogP contribution < -0.4 is 10.2 Å². The van der Waals surface area contributed by atoms with Crippen molar-refractivity contribution in [3.05, 3.63) is 29.8 Å². The summed E-state index contributed by atoms with van der Waals surface area (Å²) in [5, 5.41) is 3.73. The first-order valence-electron chi connectivity index (χ1n) is 8.29. The van der Waals surface area contributed by atoms with Crippen molar-refractivity contribution >= 4 is 5.69 Å². The topological polar surface area (TPSA) is 15.3 Å². The van der Waals surface area contributed by atoms with Crippen LogP contribution >= 0.6 is 0 Å². The number of anilines is 1. The average molecular weight is 274 g/mol. The quantitative estimate of drug-likeness (QED) is 0.828. The molecule has 1 atom stereocenters. The minimum absolute atomic E-state index is 0.537. The lowest BCUT2D eigenvalue weighted by atomic mass is 10.0. The van der Waals surface area contributed by atoms with Gasteiger partial charge in [-0.05, 0) is 49.8 Å². The van der Waals surface area contributed by atoms with Crippen LogP contribution in [0.15, 0.2) is 24.3 Å². The predicted octanol–water partition coefficient (Wildman–Crippen LogP) is 4.37. The van der Waals surface area contributed by atoms with Crippen LogP contribution in [0.5, 0.6) is 0 Å². The Morgan fingerprint density at radius 1 is 1.30 bits per heavy atom. The Labute approximate surface area is 124 Å². The summed E-state index contributed by atoms with van der Waals surface area (Å²) in [5.41, 5.74) is 2.96. The van der Waals surface area contributed by atoms with E-state index in [9.17, 15) is 0 Å². The number of nitrogens with zero attached hydrogens (tertiary/aromatic N) is 1. The molecule has 112 valence electrons. The van der Waals surface area contributed by atoms with Gasteiger partial charge in [-0.25, -0.2) is 0 Å². The van der Waals surface area contributed by atoms with Crippen molar-refractivity contribution in [3.63, 3.8) is 0 Å².